The van der Waals surface area contributed by atoms with E-state index in [0.29, 0.717) is 17.6 Å². The molecule has 0 fully saturated rings. The van der Waals surface area contributed by atoms with Gasteiger partial charge in [-0.05, 0) is 113 Å². The number of aromatic nitrogens is 8. The van der Waals surface area contributed by atoms with Gasteiger partial charge in [0.1, 0.15) is 17.3 Å². The smallest absolute Gasteiger partial charge is 0.238 e. The Bertz CT molecular complexity index is 8340. The van der Waals surface area contributed by atoms with E-state index in [9.17, 15) is 0 Å². The average Bonchev–Trinajstić information content (AvgIpc) is 1.56. The highest BCUT2D eigenvalue weighted by atomic mass is 32.1. The second-order valence-electron chi connectivity index (χ2n) is 33.8. The third-order valence-corrected chi connectivity index (χ3v) is 27.0. The van der Waals surface area contributed by atoms with Gasteiger partial charge in [-0.1, -0.05) is 378 Å². The molecule has 7 aromatic heterocycles. The van der Waals surface area contributed by atoms with Gasteiger partial charge >= 0.3 is 0 Å². The lowest BCUT2D eigenvalue weighted by Gasteiger charge is -2.28. The summed E-state index contributed by atoms with van der Waals surface area (Å²) in [6, 6.07) is 158. The summed E-state index contributed by atoms with van der Waals surface area (Å²) in [4.78, 5) is 34.1. The topological polar surface area (TPSA) is 99.7 Å². The van der Waals surface area contributed by atoms with Crippen molar-refractivity contribution in [3.63, 3.8) is 0 Å². The van der Waals surface area contributed by atoms with Crippen LogP contribution in [0.4, 0.5) is 17.3 Å². The Morgan fingerprint density at radius 2 is 0.780 bits per heavy atom. The molecular weight excluding hydrogens is 1630 g/mol. The number of fused-ring (bicyclic) bond motifs is 22. The van der Waals surface area contributed by atoms with Gasteiger partial charge in [0, 0.05) is 132 Å². The Balaban J connectivity index is 0.000000110. The molecule has 23 aromatic rings. The molecule has 9 heterocycles. The zero-order valence-corrected chi connectivity index (χ0v) is 73.0. The molecule has 3 aliphatic rings. The van der Waals surface area contributed by atoms with Crippen LogP contribution < -0.4 is 9.64 Å². The van der Waals surface area contributed by atoms with Crippen molar-refractivity contribution in [3.05, 3.63) is 466 Å². The van der Waals surface area contributed by atoms with Gasteiger partial charge in [-0.2, -0.15) is 9.97 Å². The lowest BCUT2D eigenvalue weighted by atomic mass is 9.75. The van der Waals surface area contributed by atoms with Crippen LogP contribution in [0, 0.1) is 0 Å². The molecule has 0 atom stereocenters. The number of hydrogen-bond acceptors (Lipinski definition) is 9. The number of ether oxygens (including phenoxy) is 1. The number of thiophene rings is 1. The predicted octanol–water partition coefficient (Wildman–Crippen LogP) is 31.9. The maximum atomic E-state index is 6.99. The average molecular weight is 1710 g/mol. The lowest BCUT2D eigenvalue weighted by molar-refractivity contribution is 0.489. The second kappa shape index (κ2) is 32.9. The van der Waals surface area contributed by atoms with E-state index in [0.717, 1.165) is 157 Å². The van der Waals surface area contributed by atoms with Gasteiger partial charge in [0.15, 0.2) is 11.6 Å². The first kappa shape index (κ1) is 78.4. The number of benzene rings is 16. The molecule has 0 radical (unpaired) electrons. The van der Waals surface area contributed by atoms with E-state index in [4.69, 9.17) is 34.6 Å². The first-order valence-electron chi connectivity index (χ1n) is 44.6. The van der Waals surface area contributed by atoms with Crippen molar-refractivity contribution in [2.75, 3.05) is 4.90 Å². The summed E-state index contributed by atoms with van der Waals surface area (Å²) in [5.41, 5.74) is 33.0. The molecule has 10 nitrogen and oxygen atoms in total. The molecule has 2 aliphatic heterocycles. The van der Waals surface area contributed by atoms with Gasteiger partial charge in [-0.15, -0.1) is 11.3 Å². The molecule has 0 saturated carbocycles. The van der Waals surface area contributed by atoms with E-state index in [2.05, 4.69) is 386 Å². The van der Waals surface area contributed by atoms with E-state index in [1.54, 1.807) is 0 Å². The Labute approximate surface area is 768 Å². The van der Waals surface area contributed by atoms with Crippen molar-refractivity contribution in [2.45, 2.75) is 19.3 Å². The fourth-order valence-electron chi connectivity index (χ4n) is 19.8. The molecular formula is C121H81N9OS. The summed E-state index contributed by atoms with van der Waals surface area (Å²) in [7, 11) is 0. The summed E-state index contributed by atoms with van der Waals surface area (Å²) in [5.74, 6) is 4.33. The fourth-order valence-corrected chi connectivity index (χ4v) is 21.0. The standard InChI is InChI=1S/C46H34N2.C40H25N3O.C35H22N4S/c1-46(2)39-25-12-9-22-36(39)43-38-24-11-14-27-42(38)48(45(43)37-23-10-13-26-40(37)46)34-21-15-20-33(30-34)44-35(31-16-5-3-6-17-31)28-29-41(47-44)32-18-7-4-8-19-32;1-2-13-26(14-3-1)33-25-27-15-4-5-16-28(27)38(42-33)32-20-12-19-31-37-29-17-6-8-21-34(29)43(36-23-10-11-24-41-36)39(37)30-18-7-9-22-35(30)44-40(31)32;1-3-13-23(14-4-1)33-36-34(24-15-5-2-6-16-24)38-35(37-33)39-28-20-10-7-17-25(28)31-27-19-9-12-22-30(27)40-32(31)26-18-8-11-21-29(26)39/h3-30H,1-2H3;1-25H;1-22H. The van der Waals surface area contributed by atoms with E-state index < -0.39 is 0 Å². The maximum Gasteiger partial charge on any atom is 0.238 e. The Morgan fingerprint density at radius 1 is 0.295 bits per heavy atom. The first-order valence-corrected chi connectivity index (χ1v) is 45.5. The van der Waals surface area contributed by atoms with Crippen molar-refractivity contribution < 1.29 is 4.74 Å². The number of rotatable bonds is 10. The highest BCUT2D eigenvalue weighted by Gasteiger charge is 2.38. The molecule has 0 amide bonds. The summed E-state index contributed by atoms with van der Waals surface area (Å²) in [6.07, 6.45) is 1.85. The van der Waals surface area contributed by atoms with Crippen LogP contribution in [0.2, 0.25) is 0 Å². The van der Waals surface area contributed by atoms with Crippen LogP contribution in [0.25, 0.3) is 199 Å². The minimum atomic E-state index is -0.174. The summed E-state index contributed by atoms with van der Waals surface area (Å²) in [5, 5.41) is 5.88. The molecule has 0 bridgehead atoms. The van der Waals surface area contributed by atoms with E-state index >= 15 is 0 Å². The van der Waals surface area contributed by atoms with Crippen molar-refractivity contribution >= 4 is 71.3 Å². The third kappa shape index (κ3) is 13.6. The molecule has 622 valence electrons. The number of hydrogen-bond donors (Lipinski definition) is 0. The van der Waals surface area contributed by atoms with E-state index in [1.165, 1.54) is 64.9 Å². The van der Waals surface area contributed by atoms with Gasteiger partial charge in [0.2, 0.25) is 5.95 Å². The van der Waals surface area contributed by atoms with Crippen LogP contribution in [-0.2, 0) is 5.41 Å². The number of anilines is 3. The molecule has 26 rings (SSSR count). The van der Waals surface area contributed by atoms with Gasteiger partial charge in [0.25, 0.3) is 0 Å². The molecule has 132 heavy (non-hydrogen) atoms. The first-order chi connectivity index (χ1) is 65.3. The molecule has 16 aromatic carbocycles. The van der Waals surface area contributed by atoms with Crippen LogP contribution in [0.5, 0.6) is 11.5 Å². The van der Waals surface area contributed by atoms with Crippen LogP contribution in [0.1, 0.15) is 25.0 Å². The van der Waals surface area contributed by atoms with Gasteiger partial charge < -0.3 is 9.30 Å². The molecule has 0 N–H and O–H groups in total. The predicted molar refractivity (Wildman–Crippen MR) is 544 cm³/mol. The molecule has 0 spiro atoms. The Hall–Kier alpha value is -17.1. The summed E-state index contributed by atoms with van der Waals surface area (Å²) < 4.78 is 13.0. The van der Waals surface area contributed by atoms with Gasteiger partial charge in [0.05, 0.1) is 56.6 Å². The minimum Gasteiger partial charge on any atom is -0.455 e. The molecule has 0 saturated heterocycles. The highest BCUT2D eigenvalue weighted by Crippen LogP contribution is 2.59. The summed E-state index contributed by atoms with van der Waals surface area (Å²) in [6.45, 7) is 4.72. The Morgan fingerprint density at radius 3 is 1.46 bits per heavy atom. The quantitative estimate of drug-likeness (QED) is 0.134. The second-order valence-corrected chi connectivity index (χ2v) is 34.9. The third-order valence-electron chi connectivity index (χ3n) is 25.8. The monoisotopic (exact) mass is 1710 g/mol. The zero-order chi connectivity index (χ0) is 87.7. The van der Waals surface area contributed by atoms with Crippen molar-refractivity contribution in [2.24, 2.45) is 0 Å². The molecule has 11 heteroatoms. The molecule has 0 unspecified atom stereocenters. The van der Waals surface area contributed by atoms with Gasteiger partial charge in [-0.3, -0.25) is 9.47 Å². The fraction of sp³-hybridized carbons (Fsp3) is 0.0248. The number of para-hydroxylation sites is 6. The van der Waals surface area contributed by atoms with E-state index in [1.807, 2.05) is 109 Å². The molecule has 1 aliphatic carbocycles. The summed E-state index contributed by atoms with van der Waals surface area (Å²) >= 11 is 1.84. The zero-order valence-electron chi connectivity index (χ0n) is 72.1. The van der Waals surface area contributed by atoms with E-state index in [-0.39, 0.29) is 5.41 Å². The van der Waals surface area contributed by atoms with Crippen molar-refractivity contribution in [1.82, 2.24) is 39.0 Å². The largest absolute Gasteiger partial charge is 0.455 e. The van der Waals surface area contributed by atoms with Crippen LogP contribution in [0.15, 0.2) is 455 Å². The highest BCUT2D eigenvalue weighted by molar-refractivity contribution is 7.23. The minimum absolute atomic E-state index is 0.174. The number of pyridine rings is 3. The van der Waals surface area contributed by atoms with Crippen LogP contribution in [-0.4, -0.2) is 39.0 Å². The Kier molecular flexibility index (Phi) is 19.6. The van der Waals surface area contributed by atoms with Crippen molar-refractivity contribution in [3.8, 4) is 168 Å². The normalized spacial score (nSPS) is 12.3. The van der Waals surface area contributed by atoms with Crippen LogP contribution in [0.3, 0.4) is 0 Å². The van der Waals surface area contributed by atoms with Gasteiger partial charge in [-0.25, -0.2) is 19.9 Å². The van der Waals surface area contributed by atoms with Crippen LogP contribution >= 0.6 is 11.3 Å². The maximum absolute atomic E-state index is 6.99. The SMILES string of the molecule is CC1(C)c2ccccc2-c2c(n(-c3cccc(-c4nc(-c5ccccc5)ccc4-c4ccccc4)c3)c3ccccc23)-c2ccccc21.c1ccc(-c2cc3ccccc3c(-c3cccc4c3Oc3ccccc3-c3c-4c4ccccc4n3-c3ccccn3)n2)cc1.c1ccc(-c2nc(-c3ccccc3)nc(N3c4ccccc4-c4sc5ccccc5c4-c4ccccc43)n2)cc1. The number of nitrogens with zero attached hydrogens (tertiary/aromatic N) is 9. The lowest BCUT2D eigenvalue weighted by Crippen LogP contribution is -2.20. The van der Waals surface area contributed by atoms with Crippen molar-refractivity contribution in [1.29, 1.82) is 0 Å².